The fourth-order valence-electron chi connectivity index (χ4n) is 6.18. The fraction of sp³-hybridized carbons (Fsp3) is 0.793. The third-order valence-corrected chi connectivity index (χ3v) is 8.41. The molecule has 0 aromatic rings. The molecule has 10 nitrogen and oxygen atoms in total. The predicted octanol–water partition coefficient (Wildman–Crippen LogP) is 2.65. The summed E-state index contributed by atoms with van der Waals surface area (Å²) in [6.07, 6.45) is 5.64. The predicted molar refractivity (Wildman–Crippen MR) is 147 cm³/mol. The first-order valence-electron chi connectivity index (χ1n) is 14.4. The van der Waals surface area contributed by atoms with E-state index in [9.17, 15) is 24.3 Å². The van der Waals surface area contributed by atoms with E-state index in [1.54, 1.807) is 25.7 Å². The molecule has 0 spiro atoms. The van der Waals surface area contributed by atoms with Crippen LogP contribution in [0.3, 0.4) is 0 Å². The van der Waals surface area contributed by atoms with E-state index in [1.807, 2.05) is 0 Å². The minimum atomic E-state index is -1.42. The number of amides is 4. The second-order valence-corrected chi connectivity index (χ2v) is 12.9. The van der Waals surface area contributed by atoms with Crippen molar-refractivity contribution in [2.45, 2.75) is 116 Å². The van der Waals surface area contributed by atoms with E-state index >= 15 is 0 Å². The molecule has 1 unspecified atom stereocenters. The minimum Gasteiger partial charge on any atom is -0.444 e. The molecule has 0 aromatic heterocycles. The number of aliphatic hydroxyl groups excluding tert-OH is 1. The Morgan fingerprint density at radius 1 is 1.15 bits per heavy atom. The standard InChI is InChI=1S/C29H48N4O6/c1-7-16-30-25(36)23(34)19-14-12-10-8-9-11-13-15-20(32-27(38)39-28(2,3)4)26(37)33-17-18-21(29(18,5)6)22(33)24(35)31-19/h7,18-23,34H,1,8-17H2,2-6H3,(H,30,36)(H,31,35)(H,32,38)/t18-,19-,20-,21-,22-,23?/m0/s1. The summed E-state index contributed by atoms with van der Waals surface area (Å²) in [7, 11) is 0. The van der Waals surface area contributed by atoms with Crippen molar-refractivity contribution in [1.82, 2.24) is 20.9 Å². The van der Waals surface area contributed by atoms with E-state index in [2.05, 4.69) is 36.4 Å². The zero-order chi connectivity index (χ0) is 29.0. The second-order valence-electron chi connectivity index (χ2n) is 12.9. The maximum atomic E-state index is 13.9. The van der Waals surface area contributed by atoms with Crippen LogP contribution in [0.1, 0.15) is 86.0 Å². The molecule has 3 fully saturated rings. The molecule has 3 rings (SSSR count). The first-order chi connectivity index (χ1) is 18.3. The summed E-state index contributed by atoms with van der Waals surface area (Å²) in [5.41, 5.74) is -0.812. The highest BCUT2D eigenvalue weighted by molar-refractivity contribution is 5.93. The van der Waals surface area contributed by atoms with Crippen LogP contribution in [0, 0.1) is 17.3 Å². The van der Waals surface area contributed by atoms with Crippen LogP contribution >= 0.6 is 0 Å². The monoisotopic (exact) mass is 548 g/mol. The number of aliphatic hydroxyl groups is 1. The highest BCUT2D eigenvalue weighted by atomic mass is 16.6. The molecule has 39 heavy (non-hydrogen) atoms. The number of rotatable bonds is 5. The third-order valence-electron chi connectivity index (χ3n) is 8.41. The molecular weight excluding hydrogens is 500 g/mol. The van der Waals surface area contributed by atoms with Gasteiger partial charge in [-0.25, -0.2) is 4.79 Å². The van der Waals surface area contributed by atoms with E-state index in [0.717, 1.165) is 38.5 Å². The lowest BCUT2D eigenvalue weighted by Crippen LogP contribution is -2.59. The van der Waals surface area contributed by atoms with Crippen LogP contribution < -0.4 is 16.0 Å². The molecule has 2 saturated heterocycles. The number of alkyl carbamates (subject to hydrolysis) is 1. The average Bonchev–Trinajstić information content (AvgIpc) is 3.16. The molecule has 0 aromatic carbocycles. The van der Waals surface area contributed by atoms with Gasteiger partial charge in [0.05, 0.1) is 6.04 Å². The van der Waals surface area contributed by atoms with Gasteiger partial charge >= 0.3 is 6.09 Å². The zero-order valence-electron chi connectivity index (χ0n) is 24.3. The number of piperidine rings is 1. The maximum absolute atomic E-state index is 13.9. The van der Waals surface area contributed by atoms with Gasteiger partial charge in [-0.05, 0) is 50.9 Å². The van der Waals surface area contributed by atoms with E-state index in [0.29, 0.717) is 19.4 Å². The Morgan fingerprint density at radius 3 is 2.38 bits per heavy atom. The van der Waals surface area contributed by atoms with Crippen LogP contribution in [0.4, 0.5) is 4.79 Å². The van der Waals surface area contributed by atoms with Gasteiger partial charge < -0.3 is 30.7 Å². The van der Waals surface area contributed by atoms with Crippen molar-refractivity contribution >= 4 is 23.8 Å². The van der Waals surface area contributed by atoms with E-state index in [1.165, 1.54) is 6.08 Å². The summed E-state index contributed by atoms with van der Waals surface area (Å²) in [6.45, 7) is 13.7. The largest absolute Gasteiger partial charge is 0.444 e. The molecule has 2 aliphatic heterocycles. The number of nitrogens with zero attached hydrogens (tertiary/aromatic N) is 1. The molecule has 4 N–H and O–H groups in total. The van der Waals surface area contributed by atoms with Crippen molar-refractivity contribution in [3.63, 3.8) is 0 Å². The normalized spacial score (nSPS) is 30.4. The third kappa shape index (κ3) is 7.74. The number of nitrogens with one attached hydrogen (secondary N) is 3. The van der Waals surface area contributed by atoms with E-state index in [-0.39, 0.29) is 35.6 Å². The van der Waals surface area contributed by atoms with E-state index in [4.69, 9.17) is 4.74 Å². The first-order valence-corrected chi connectivity index (χ1v) is 14.4. The number of fused-ring (bicyclic) bond motifs is 3. The topological polar surface area (TPSA) is 137 Å². The van der Waals surface area contributed by atoms with Gasteiger partial charge in [0.1, 0.15) is 17.7 Å². The molecule has 4 amide bonds. The summed E-state index contributed by atoms with van der Waals surface area (Å²) in [5.74, 6) is -1.10. The van der Waals surface area contributed by atoms with Gasteiger partial charge in [-0.15, -0.1) is 6.58 Å². The lowest BCUT2D eigenvalue weighted by molar-refractivity contribution is -0.143. The van der Waals surface area contributed by atoms with Crippen LogP contribution in [-0.4, -0.2) is 76.7 Å². The number of carbonyl (C=O) groups excluding carboxylic acids is 4. The smallest absolute Gasteiger partial charge is 0.408 e. The Bertz CT molecular complexity index is 929. The molecular formula is C29H48N4O6. The van der Waals surface area contributed by atoms with Crippen molar-refractivity contribution in [2.75, 3.05) is 13.1 Å². The van der Waals surface area contributed by atoms with Crippen LogP contribution in [0.2, 0.25) is 0 Å². The van der Waals surface area contributed by atoms with Crippen LogP contribution in [0.25, 0.3) is 0 Å². The molecule has 2 heterocycles. The number of hydrogen-bond donors (Lipinski definition) is 4. The summed E-state index contributed by atoms with van der Waals surface area (Å²) in [4.78, 5) is 54.5. The van der Waals surface area contributed by atoms with Gasteiger partial charge in [-0.1, -0.05) is 58.4 Å². The van der Waals surface area contributed by atoms with Crippen LogP contribution in [0.5, 0.6) is 0 Å². The summed E-state index contributed by atoms with van der Waals surface area (Å²) < 4.78 is 5.43. The average molecular weight is 549 g/mol. The molecule has 0 bridgehead atoms. The van der Waals surface area contributed by atoms with Gasteiger partial charge in [0, 0.05) is 13.1 Å². The molecule has 1 aliphatic carbocycles. The van der Waals surface area contributed by atoms with Crippen molar-refractivity contribution in [3.05, 3.63) is 12.7 Å². The summed E-state index contributed by atoms with van der Waals surface area (Å²) >= 11 is 0. The number of hydrogen-bond acceptors (Lipinski definition) is 6. The van der Waals surface area contributed by atoms with Gasteiger partial charge in [0.25, 0.3) is 5.91 Å². The van der Waals surface area contributed by atoms with Crippen molar-refractivity contribution in [3.8, 4) is 0 Å². The van der Waals surface area contributed by atoms with Crippen LogP contribution in [0.15, 0.2) is 12.7 Å². The van der Waals surface area contributed by atoms with Crippen molar-refractivity contribution < 1.29 is 29.0 Å². The molecule has 1 saturated carbocycles. The first kappa shape index (κ1) is 30.9. The lowest BCUT2D eigenvalue weighted by Gasteiger charge is -2.34. The molecule has 6 atom stereocenters. The Balaban J connectivity index is 1.85. The highest BCUT2D eigenvalue weighted by Gasteiger charge is 2.69. The SMILES string of the molecule is C=CCNC(=O)C(O)[C@@H]1CCCCCCCC[C@H](NC(=O)OC(C)(C)C)C(=O)N2C[C@H]3[C@@H]([C@H]2C(=O)N1)C3(C)C. The van der Waals surface area contributed by atoms with Gasteiger partial charge in [0.2, 0.25) is 11.8 Å². The second kappa shape index (κ2) is 12.7. The Kier molecular flexibility index (Phi) is 10.1. The van der Waals surface area contributed by atoms with Crippen molar-refractivity contribution in [2.24, 2.45) is 17.3 Å². The zero-order valence-corrected chi connectivity index (χ0v) is 24.3. The summed E-state index contributed by atoms with van der Waals surface area (Å²) in [5, 5.41) is 19.2. The van der Waals surface area contributed by atoms with Gasteiger partial charge in [-0.3, -0.25) is 14.4 Å². The maximum Gasteiger partial charge on any atom is 0.408 e. The van der Waals surface area contributed by atoms with Gasteiger partial charge in [0.15, 0.2) is 6.10 Å². The fourth-order valence-corrected chi connectivity index (χ4v) is 6.18. The number of carbonyl (C=O) groups is 4. The Hall–Kier alpha value is -2.62. The molecule has 220 valence electrons. The molecule has 3 aliphatic rings. The lowest BCUT2D eigenvalue weighted by atomic mass is 9.97. The highest BCUT2D eigenvalue weighted by Crippen LogP contribution is 2.65. The molecule has 10 heteroatoms. The molecule has 0 radical (unpaired) electrons. The van der Waals surface area contributed by atoms with Crippen LogP contribution in [-0.2, 0) is 19.1 Å². The van der Waals surface area contributed by atoms with Crippen molar-refractivity contribution in [1.29, 1.82) is 0 Å². The minimum absolute atomic E-state index is 0.0355. The van der Waals surface area contributed by atoms with E-state index < -0.39 is 41.8 Å². The Labute approximate surface area is 232 Å². The Morgan fingerprint density at radius 2 is 1.77 bits per heavy atom. The van der Waals surface area contributed by atoms with Gasteiger partial charge in [-0.2, -0.15) is 0 Å². The summed E-state index contributed by atoms with van der Waals surface area (Å²) in [6, 6.07) is -2.32. The number of ether oxygens (including phenoxy) is 1. The quantitative estimate of drug-likeness (QED) is 0.390.